The van der Waals surface area contributed by atoms with E-state index in [4.69, 9.17) is 0 Å². The highest BCUT2D eigenvalue weighted by atomic mass is 32.2. The Morgan fingerprint density at radius 2 is 1.62 bits per heavy atom. The number of nitrogens with zero attached hydrogens (tertiary/aromatic N) is 1. The molecule has 2 atom stereocenters. The number of nitrogens with one attached hydrogen (secondary N) is 2. The van der Waals surface area contributed by atoms with Gasteiger partial charge in [0.2, 0.25) is 15.9 Å². The maximum absolute atomic E-state index is 13.3. The molecule has 0 fully saturated rings. The van der Waals surface area contributed by atoms with Crippen molar-refractivity contribution in [3.63, 3.8) is 0 Å². The lowest BCUT2D eigenvalue weighted by molar-refractivity contribution is -0.114. The molecule has 4 rings (SSSR count). The summed E-state index contributed by atoms with van der Waals surface area (Å²) in [6.45, 7) is 1.71. The fourth-order valence-electron chi connectivity index (χ4n) is 3.84. The van der Waals surface area contributed by atoms with Crippen LogP contribution in [0.1, 0.15) is 27.6 Å². The number of fused-ring (bicyclic) bond motifs is 1. The van der Waals surface area contributed by atoms with Crippen LogP contribution in [0.25, 0.3) is 0 Å². The minimum atomic E-state index is -4.14. The van der Waals surface area contributed by atoms with Crippen molar-refractivity contribution in [1.29, 1.82) is 0 Å². The van der Waals surface area contributed by atoms with Gasteiger partial charge in [0.05, 0.1) is 4.90 Å². The van der Waals surface area contributed by atoms with Gasteiger partial charge in [-0.1, -0.05) is 36.4 Å². The molecule has 2 aliphatic rings. The highest BCUT2D eigenvalue weighted by Crippen LogP contribution is 2.27. The number of ketones is 2. The van der Waals surface area contributed by atoms with E-state index >= 15 is 0 Å². The average molecular weight is 452 g/mol. The summed E-state index contributed by atoms with van der Waals surface area (Å²) in [7, 11) is -4.14. The summed E-state index contributed by atoms with van der Waals surface area (Å²) in [6, 6.07) is 9.67. The van der Waals surface area contributed by atoms with Crippen molar-refractivity contribution in [2.45, 2.75) is 23.9 Å². The Bertz CT molecular complexity index is 1250. The molecule has 0 bridgehead atoms. The minimum absolute atomic E-state index is 0.0847. The molecule has 9 heteroatoms. The van der Waals surface area contributed by atoms with Crippen molar-refractivity contribution in [3.8, 4) is 0 Å². The first-order valence-electron chi connectivity index (χ1n) is 9.94. The largest absolute Gasteiger partial charge is 0.361 e. The Hall–Kier alpha value is -3.56. The fourth-order valence-corrected chi connectivity index (χ4v) is 5.04. The second kappa shape index (κ2) is 8.52. The van der Waals surface area contributed by atoms with Gasteiger partial charge in [0.1, 0.15) is 12.1 Å². The molecular weight excluding hydrogens is 430 g/mol. The summed E-state index contributed by atoms with van der Waals surface area (Å²) in [5.74, 6) is -1.07. The maximum atomic E-state index is 13.3. The average Bonchev–Trinajstić information content (AvgIpc) is 2.78. The molecule has 1 heterocycles. The van der Waals surface area contributed by atoms with Gasteiger partial charge in [-0.15, -0.1) is 0 Å². The molecule has 0 radical (unpaired) electrons. The number of carbonyl (C=O) groups is 3. The van der Waals surface area contributed by atoms with Crippen LogP contribution in [0.5, 0.6) is 0 Å². The molecule has 2 aromatic rings. The van der Waals surface area contributed by atoms with Crippen LogP contribution in [0, 0.1) is 0 Å². The van der Waals surface area contributed by atoms with Crippen LogP contribution in [-0.4, -0.2) is 49.4 Å². The zero-order valence-corrected chi connectivity index (χ0v) is 18.0. The third-order valence-corrected chi connectivity index (χ3v) is 6.75. The maximum Gasteiger partial charge on any atom is 0.241 e. The van der Waals surface area contributed by atoms with E-state index in [1.807, 2.05) is 12.2 Å². The molecule has 0 saturated heterocycles. The van der Waals surface area contributed by atoms with Crippen molar-refractivity contribution >= 4 is 33.2 Å². The third-order valence-electron chi connectivity index (χ3n) is 5.29. The number of allylic oxidation sites excluding steroid dienone is 2. The van der Waals surface area contributed by atoms with Crippen LogP contribution < -0.4 is 10.0 Å². The van der Waals surface area contributed by atoms with Crippen molar-refractivity contribution in [3.05, 3.63) is 84.1 Å². The molecule has 2 aromatic carbocycles. The molecule has 2 unspecified atom stereocenters. The Labute approximate surface area is 185 Å². The number of amides is 1. The summed E-state index contributed by atoms with van der Waals surface area (Å²) in [5.41, 5.74) is 0.914. The molecule has 1 aliphatic carbocycles. The number of hydrogen-bond donors (Lipinski definition) is 2. The summed E-state index contributed by atoms with van der Waals surface area (Å²) in [5, 5.41) is 2.57. The van der Waals surface area contributed by atoms with Crippen LogP contribution in [0.2, 0.25) is 0 Å². The van der Waals surface area contributed by atoms with Crippen molar-refractivity contribution < 1.29 is 22.8 Å². The SMILES string of the molecule is CC(=O)Nc1ccc(S(=O)(=O)NC2C(=O)c3ccccc3C(=O)C2N2C=CC=CC2)cc1. The molecule has 1 amide bonds. The molecular formula is C23H21N3O5S. The highest BCUT2D eigenvalue weighted by Gasteiger charge is 2.45. The summed E-state index contributed by atoms with van der Waals surface area (Å²) >= 11 is 0. The molecule has 164 valence electrons. The lowest BCUT2D eigenvalue weighted by atomic mass is 9.82. The van der Waals surface area contributed by atoms with Gasteiger partial charge in [-0.05, 0) is 30.3 Å². The number of carbonyl (C=O) groups excluding carboxylic acids is 3. The Morgan fingerprint density at radius 1 is 0.969 bits per heavy atom. The van der Waals surface area contributed by atoms with Crippen molar-refractivity contribution in [2.24, 2.45) is 0 Å². The standard InChI is InChI=1S/C23H21N3O5S/c1-15(27)24-16-9-11-17(12-10-16)32(30,31)25-20-21(26-13-5-2-6-14-26)23(29)19-8-4-3-7-18(19)22(20)28/h2-13,20-21,25H,14H2,1H3,(H,24,27). The van der Waals surface area contributed by atoms with E-state index in [2.05, 4.69) is 10.0 Å². The molecule has 32 heavy (non-hydrogen) atoms. The highest BCUT2D eigenvalue weighted by molar-refractivity contribution is 7.89. The third kappa shape index (κ3) is 4.12. The first-order valence-corrected chi connectivity index (χ1v) is 11.4. The monoisotopic (exact) mass is 451 g/mol. The minimum Gasteiger partial charge on any atom is -0.361 e. The number of rotatable bonds is 5. The van der Waals surface area contributed by atoms with Crippen LogP contribution in [0.3, 0.4) is 0 Å². The number of anilines is 1. The molecule has 2 N–H and O–H groups in total. The van der Waals surface area contributed by atoms with Crippen LogP contribution in [0.15, 0.2) is 77.9 Å². The summed E-state index contributed by atoms with van der Waals surface area (Å²) in [4.78, 5) is 39.4. The van der Waals surface area contributed by atoms with Gasteiger partial charge in [0, 0.05) is 36.5 Å². The normalized spacial score (nSPS) is 20.2. The molecule has 1 aliphatic heterocycles. The first kappa shape index (κ1) is 21.7. The zero-order chi connectivity index (χ0) is 22.9. The van der Waals surface area contributed by atoms with Crippen LogP contribution in [-0.2, 0) is 14.8 Å². The fraction of sp³-hybridized carbons (Fsp3) is 0.174. The Balaban J connectivity index is 1.70. The summed E-state index contributed by atoms with van der Waals surface area (Å²) in [6.07, 6.45) is 7.04. The number of sulfonamides is 1. The molecule has 8 nitrogen and oxygen atoms in total. The van der Waals surface area contributed by atoms with E-state index in [9.17, 15) is 22.8 Å². The van der Waals surface area contributed by atoms with Gasteiger partial charge >= 0.3 is 0 Å². The summed E-state index contributed by atoms with van der Waals surface area (Å²) < 4.78 is 28.7. The van der Waals surface area contributed by atoms with Gasteiger partial charge in [-0.25, -0.2) is 8.42 Å². The van der Waals surface area contributed by atoms with Gasteiger partial charge in [0.15, 0.2) is 11.6 Å². The van der Waals surface area contributed by atoms with Crippen molar-refractivity contribution in [2.75, 3.05) is 11.9 Å². The molecule has 0 saturated carbocycles. The zero-order valence-electron chi connectivity index (χ0n) is 17.2. The second-order valence-corrected chi connectivity index (χ2v) is 9.20. The molecule has 0 aromatic heterocycles. The lowest BCUT2D eigenvalue weighted by Crippen LogP contribution is -2.60. The Kier molecular flexibility index (Phi) is 5.77. The molecule has 0 spiro atoms. The predicted octanol–water partition coefficient (Wildman–Crippen LogP) is 2.13. The Morgan fingerprint density at radius 3 is 2.22 bits per heavy atom. The number of benzene rings is 2. The van der Waals surface area contributed by atoms with Gasteiger partial charge in [-0.3, -0.25) is 14.4 Å². The predicted molar refractivity (Wildman–Crippen MR) is 119 cm³/mol. The lowest BCUT2D eigenvalue weighted by Gasteiger charge is -2.38. The van der Waals surface area contributed by atoms with E-state index in [-0.39, 0.29) is 27.7 Å². The van der Waals surface area contributed by atoms with E-state index < -0.39 is 27.9 Å². The van der Waals surface area contributed by atoms with E-state index in [0.717, 1.165) is 0 Å². The van der Waals surface area contributed by atoms with Gasteiger partial charge in [0.25, 0.3) is 0 Å². The smallest absolute Gasteiger partial charge is 0.241 e. The van der Waals surface area contributed by atoms with E-state index in [1.165, 1.54) is 37.3 Å². The quantitative estimate of drug-likeness (QED) is 0.720. The van der Waals surface area contributed by atoms with Crippen LogP contribution in [0.4, 0.5) is 5.69 Å². The van der Waals surface area contributed by atoms with Crippen LogP contribution >= 0.6 is 0 Å². The van der Waals surface area contributed by atoms with Gasteiger partial charge < -0.3 is 10.2 Å². The topological polar surface area (TPSA) is 113 Å². The van der Waals surface area contributed by atoms with Gasteiger partial charge in [-0.2, -0.15) is 4.72 Å². The number of Topliss-reactive ketones (excluding diaryl/α,β-unsaturated/α-hetero) is 2. The van der Waals surface area contributed by atoms with Crippen molar-refractivity contribution in [1.82, 2.24) is 9.62 Å². The second-order valence-electron chi connectivity index (χ2n) is 7.49. The van der Waals surface area contributed by atoms with E-state index in [0.29, 0.717) is 12.2 Å². The van der Waals surface area contributed by atoms with E-state index in [1.54, 1.807) is 35.4 Å². The first-order chi connectivity index (χ1) is 15.3. The number of hydrogen-bond acceptors (Lipinski definition) is 6.